The van der Waals surface area contributed by atoms with E-state index in [2.05, 4.69) is 41.4 Å². The van der Waals surface area contributed by atoms with E-state index in [1.165, 1.54) is 40.7 Å². The number of Topliss-reactive ketones (excluding diaryl/α,β-unsaturated/α-hetero) is 1. The molecule has 1 N–H and O–H groups in total. The predicted octanol–water partition coefficient (Wildman–Crippen LogP) is 7.22. The standard InChI is InChI=1S/C35H35N5O5S2/c1-6-7-17-45-25-15-14-24(18-26(25)44-5)29-27(30(41)28-22(4)39-16-8-9-21(3)32(39)36-28)31(42)33(43)40(29)34-37-38-35(47-34)46-19-23-12-10-20(2)11-13-23/h8-16,18,29,41H,6-7,17,19H2,1-5H3/b30-27+. The van der Waals surface area contributed by atoms with E-state index in [-0.39, 0.29) is 22.2 Å². The lowest BCUT2D eigenvalue weighted by atomic mass is 9.96. The number of aliphatic hydroxyl groups excluding tert-OH is 1. The minimum atomic E-state index is -1.03. The number of aryl methyl sites for hydroxylation is 3. The summed E-state index contributed by atoms with van der Waals surface area (Å²) in [5.74, 6) is -0.374. The van der Waals surface area contributed by atoms with E-state index in [1.807, 2.05) is 43.5 Å². The summed E-state index contributed by atoms with van der Waals surface area (Å²) in [6, 6.07) is 16.3. The Labute approximate surface area is 281 Å². The van der Waals surface area contributed by atoms with Gasteiger partial charge in [0.15, 0.2) is 21.6 Å². The number of fused-ring (bicyclic) bond motifs is 1. The summed E-state index contributed by atoms with van der Waals surface area (Å²) >= 11 is 2.71. The second kappa shape index (κ2) is 13.6. The van der Waals surface area contributed by atoms with Crippen molar-refractivity contribution in [3.8, 4) is 11.5 Å². The molecule has 6 rings (SSSR count). The largest absolute Gasteiger partial charge is 0.505 e. The van der Waals surface area contributed by atoms with Crippen molar-refractivity contribution < 1.29 is 24.2 Å². The molecule has 1 aliphatic rings. The van der Waals surface area contributed by atoms with Crippen molar-refractivity contribution in [2.75, 3.05) is 18.6 Å². The average molecular weight is 670 g/mol. The Morgan fingerprint density at radius 1 is 1.04 bits per heavy atom. The van der Waals surface area contributed by atoms with Crippen LogP contribution in [0, 0.1) is 20.8 Å². The van der Waals surface area contributed by atoms with Crippen LogP contribution in [0.3, 0.4) is 0 Å². The quantitative estimate of drug-likeness (QED) is 0.0388. The maximum Gasteiger partial charge on any atom is 0.301 e. The Morgan fingerprint density at radius 2 is 1.83 bits per heavy atom. The third kappa shape index (κ3) is 6.22. The van der Waals surface area contributed by atoms with Gasteiger partial charge in [-0.25, -0.2) is 4.98 Å². The number of aromatic nitrogens is 4. The number of rotatable bonds is 11. The molecule has 1 amide bonds. The van der Waals surface area contributed by atoms with Gasteiger partial charge >= 0.3 is 5.91 Å². The van der Waals surface area contributed by atoms with Crippen molar-refractivity contribution in [1.29, 1.82) is 0 Å². The molecule has 47 heavy (non-hydrogen) atoms. The van der Waals surface area contributed by atoms with Crippen LogP contribution >= 0.6 is 23.1 Å². The van der Waals surface area contributed by atoms with E-state index in [9.17, 15) is 14.7 Å². The van der Waals surface area contributed by atoms with Gasteiger partial charge < -0.3 is 19.0 Å². The molecule has 1 aliphatic heterocycles. The molecular formula is C35H35N5O5S2. The second-order valence-corrected chi connectivity index (χ2v) is 13.5. The number of carbonyl (C=O) groups is 2. The number of amides is 1. The summed E-state index contributed by atoms with van der Waals surface area (Å²) in [5.41, 5.74) is 5.15. The predicted molar refractivity (Wildman–Crippen MR) is 183 cm³/mol. The van der Waals surface area contributed by atoms with Gasteiger partial charge in [0, 0.05) is 11.9 Å². The molecule has 12 heteroatoms. The fourth-order valence-electron chi connectivity index (χ4n) is 5.51. The lowest BCUT2D eigenvalue weighted by Crippen LogP contribution is -2.29. The first-order valence-corrected chi connectivity index (χ1v) is 17.1. The number of ketones is 1. The molecule has 0 spiro atoms. The number of pyridine rings is 1. The lowest BCUT2D eigenvalue weighted by molar-refractivity contribution is -0.132. The third-order valence-electron chi connectivity index (χ3n) is 8.10. The molecule has 0 saturated carbocycles. The van der Waals surface area contributed by atoms with Crippen LogP contribution in [0.4, 0.5) is 5.13 Å². The van der Waals surface area contributed by atoms with Gasteiger partial charge in [0.1, 0.15) is 11.3 Å². The van der Waals surface area contributed by atoms with E-state index >= 15 is 0 Å². The van der Waals surface area contributed by atoms with E-state index in [0.717, 1.165) is 24.0 Å². The molecule has 1 fully saturated rings. The molecule has 3 aromatic heterocycles. The van der Waals surface area contributed by atoms with Gasteiger partial charge in [-0.1, -0.05) is 78.4 Å². The number of hydrogen-bond donors (Lipinski definition) is 1. The number of nitrogens with zero attached hydrogens (tertiary/aromatic N) is 5. The molecule has 1 saturated heterocycles. The van der Waals surface area contributed by atoms with Gasteiger partial charge in [0.25, 0.3) is 5.78 Å². The molecule has 5 aromatic rings. The maximum atomic E-state index is 13.9. The monoisotopic (exact) mass is 669 g/mol. The Kier molecular flexibility index (Phi) is 9.33. The van der Waals surface area contributed by atoms with Gasteiger partial charge in [-0.05, 0) is 62.1 Å². The highest BCUT2D eigenvalue weighted by atomic mass is 32.2. The number of unbranched alkanes of at least 4 members (excludes halogenated alkanes) is 1. The topological polar surface area (TPSA) is 119 Å². The first-order chi connectivity index (χ1) is 22.7. The van der Waals surface area contributed by atoms with Crippen molar-refractivity contribution in [3.05, 3.63) is 100 Å². The Bertz CT molecular complexity index is 2000. The Hall–Kier alpha value is -4.68. The number of thioether (sulfide) groups is 1. The van der Waals surface area contributed by atoms with Crippen molar-refractivity contribution >= 4 is 51.3 Å². The molecule has 1 unspecified atom stereocenters. The highest BCUT2D eigenvalue weighted by molar-refractivity contribution is 8.00. The van der Waals surface area contributed by atoms with Crippen molar-refractivity contribution in [3.63, 3.8) is 0 Å². The highest BCUT2D eigenvalue weighted by Crippen LogP contribution is 2.46. The fraction of sp³-hybridized carbons (Fsp3) is 0.286. The van der Waals surface area contributed by atoms with Crippen LogP contribution in [-0.4, -0.2) is 50.1 Å². The third-order valence-corrected chi connectivity index (χ3v) is 10.2. The number of anilines is 1. The Morgan fingerprint density at radius 3 is 2.55 bits per heavy atom. The average Bonchev–Trinajstić information content (AvgIpc) is 3.75. The van der Waals surface area contributed by atoms with E-state index in [4.69, 9.17) is 14.5 Å². The molecule has 2 aromatic carbocycles. The summed E-state index contributed by atoms with van der Waals surface area (Å²) in [4.78, 5) is 33.7. The zero-order valence-corrected chi connectivity index (χ0v) is 28.4. The number of imidazole rings is 1. The van der Waals surface area contributed by atoms with Crippen LogP contribution in [0.15, 0.2) is 70.7 Å². The molecule has 1 atom stereocenters. The van der Waals surface area contributed by atoms with Gasteiger partial charge in [-0.2, -0.15) is 0 Å². The van der Waals surface area contributed by atoms with Crippen LogP contribution in [0.5, 0.6) is 11.5 Å². The number of ether oxygens (including phenoxy) is 2. The van der Waals surface area contributed by atoms with Crippen molar-refractivity contribution in [2.24, 2.45) is 0 Å². The molecule has 0 bridgehead atoms. The van der Waals surface area contributed by atoms with E-state index in [0.29, 0.717) is 45.1 Å². The van der Waals surface area contributed by atoms with Crippen LogP contribution in [0.2, 0.25) is 0 Å². The minimum absolute atomic E-state index is 0.0927. The SMILES string of the molecule is CCCCOc1ccc(C2/C(=C(\O)c3nc4c(C)cccn4c3C)C(=O)C(=O)N2c2nnc(SCc3ccc(C)cc3)s2)cc1OC. The smallest absolute Gasteiger partial charge is 0.301 e. The summed E-state index contributed by atoms with van der Waals surface area (Å²) in [7, 11) is 1.54. The normalized spacial score (nSPS) is 15.9. The maximum absolute atomic E-state index is 13.9. The molecule has 242 valence electrons. The summed E-state index contributed by atoms with van der Waals surface area (Å²) in [6.07, 6.45) is 3.70. The van der Waals surface area contributed by atoms with E-state index < -0.39 is 17.7 Å². The number of benzene rings is 2. The van der Waals surface area contributed by atoms with Gasteiger partial charge in [0.05, 0.1) is 31.0 Å². The highest BCUT2D eigenvalue weighted by Gasteiger charge is 2.49. The van der Waals surface area contributed by atoms with Gasteiger partial charge in [0.2, 0.25) is 5.13 Å². The molecular weight excluding hydrogens is 635 g/mol. The number of hydrogen-bond acceptors (Lipinski definition) is 10. The fourth-order valence-corrected chi connectivity index (χ4v) is 7.33. The van der Waals surface area contributed by atoms with Crippen LogP contribution in [0.25, 0.3) is 11.4 Å². The van der Waals surface area contributed by atoms with Crippen molar-refractivity contribution in [1.82, 2.24) is 19.6 Å². The molecule has 10 nitrogen and oxygen atoms in total. The molecule has 4 heterocycles. The van der Waals surface area contributed by atoms with Crippen molar-refractivity contribution in [2.45, 2.75) is 56.7 Å². The van der Waals surface area contributed by atoms with Crippen LogP contribution in [-0.2, 0) is 15.3 Å². The number of methoxy groups -OCH3 is 1. The first-order valence-electron chi connectivity index (χ1n) is 15.3. The molecule has 0 aliphatic carbocycles. The summed E-state index contributed by atoms with van der Waals surface area (Å²) in [6.45, 7) is 8.38. The Balaban J connectivity index is 1.44. The van der Waals surface area contributed by atoms with Gasteiger partial charge in [-0.15, -0.1) is 10.2 Å². The first kappa shape index (κ1) is 32.3. The summed E-state index contributed by atoms with van der Waals surface area (Å²) in [5, 5.41) is 20.8. The number of aliphatic hydroxyl groups is 1. The summed E-state index contributed by atoms with van der Waals surface area (Å²) < 4.78 is 14.1. The lowest BCUT2D eigenvalue weighted by Gasteiger charge is -2.23. The zero-order chi connectivity index (χ0) is 33.2. The minimum Gasteiger partial charge on any atom is -0.505 e. The molecule has 0 radical (unpaired) electrons. The van der Waals surface area contributed by atoms with E-state index in [1.54, 1.807) is 18.2 Å². The van der Waals surface area contributed by atoms with Gasteiger partial charge in [-0.3, -0.25) is 14.5 Å². The van der Waals surface area contributed by atoms with Crippen LogP contribution in [0.1, 0.15) is 59.4 Å². The van der Waals surface area contributed by atoms with Crippen LogP contribution < -0.4 is 14.4 Å². The number of carbonyl (C=O) groups excluding carboxylic acids is 2. The zero-order valence-electron chi connectivity index (χ0n) is 26.8. The second-order valence-electron chi connectivity index (χ2n) is 11.3.